The zero-order valence-corrected chi connectivity index (χ0v) is 18.7. The second kappa shape index (κ2) is 7.85. The van der Waals surface area contributed by atoms with E-state index < -0.39 is 5.91 Å². The molecule has 1 amide bonds. The number of carbonyl (C=O) groups excluding carboxylic acids is 1. The Hall–Kier alpha value is -3.45. The Bertz CT molecular complexity index is 1320. The van der Waals surface area contributed by atoms with Crippen LogP contribution in [-0.4, -0.2) is 38.3 Å². The minimum Gasteiger partial charge on any atom is -0.363 e. The molecule has 3 atom stereocenters. The first-order valence-electron chi connectivity index (χ1n) is 11.7. The molecule has 0 unspecified atom stereocenters. The molecule has 1 saturated carbocycles. The summed E-state index contributed by atoms with van der Waals surface area (Å²) in [7, 11) is 0. The molecule has 3 N–H and O–H groups in total. The molecular weight excluding hydrogens is 412 g/mol. The highest BCUT2D eigenvalue weighted by atomic mass is 16.1. The molecule has 4 aromatic rings. The monoisotopic (exact) mass is 440 g/mol. The minimum atomic E-state index is -0.622. The van der Waals surface area contributed by atoms with E-state index in [1.807, 2.05) is 13.0 Å². The number of benzene rings is 2. The van der Waals surface area contributed by atoms with Gasteiger partial charge in [0.2, 0.25) is 5.82 Å². The maximum Gasteiger partial charge on any atom is 0.288 e. The van der Waals surface area contributed by atoms with Crippen molar-refractivity contribution in [3.05, 3.63) is 77.5 Å². The molecular formula is C26H28N6O. The van der Waals surface area contributed by atoms with E-state index in [4.69, 9.17) is 5.73 Å². The molecule has 7 heteroatoms. The third kappa shape index (κ3) is 3.62. The van der Waals surface area contributed by atoms with Crippen LogP contribution in [0.2, 0.25) is 0 Å². The Morgan fingerprint density at radius 3 is 2.55 bits per heavy atom. The first kappa shape index (κ1) is 20.2. The van der Waals surface area contributed by atoms with Crippen LogP contribution in [0.3, 0.4) is 0 Å². The van der Waals surface area contributed by atoms with E-state index in [1.54, 1.807) is 4.68 Å². The van der Waals surface area contributed by atoms with Gasteiger partial charge < -0.3 is 15.6 Å². The number of primary amides is 1. The number of carbonyl (C=O) groups is 1. The minimum absolute atomic E-state index is 0.0334. The van der Waals surface area contributed by atoms with Crippen molar-refractivity contribution in [1.82, 2.24) is 24.6 Å². The van der Waals surface area contributed by atoms with E-state index in [9.17, 15) is 4.79 Å². The van der Waals surface area contributed by atoms with Crippen LogP contribution in [0.15, 0.2) is 54.7 Å². The molecule has 3 heterocycles. The summed E-state index contributed by atoms with van der Waals surface area (Å²) in [5.41, 5.74) is 10.1. The van der Waals surface area contributed by atoms with Gasteiger partial charge in [0.15, 0.2) is 0 Å². The Morgan fingerprint density at radius 2 is 1.85 bits per heavy atom. The molecule has 1 aliphatic heterocycles. The van der Waals surface area contributed by atoms with Crippen LogP contribution in [0.25, 0.3) is 16.6 Å². The maximum absolute atomic E-state index is 11.4. The van der Waals surface area contributed by atoms with Crippen LogP contribution >= 0.6 is 0 Å². The van der Waals surface area contributed by atoms with Crippen LogP contribution in [0.1, 0.15) is 46.3 Å². The zero-order chi connectivity index (χ0) is 22.5. The van der Waals surface area contributed by atoms with Gasteiger partial charge in [-0.15, -0.1) is 5.10 Å². The van der Waals surface area contributed by atoms with Gasteiger partial charge in [0.1, 0.15) is 5.82 Å². The van der Waals surface area contributed by atoms with Gasteiger partial charge in [-0.05, 0) is 86.0 Å². The van der Waals surface area contributed by atoms with Crippen LogP contribution in [-0.2, 0) is 6.54 Å². The molecule has 0 spiro atoms. The highest BCUT2D eigenvalue weighted by molar-refractivity contribution is 5.88. The predicted octanol–water partition coefficient (Wildman–Crippen LogP) is 3.39. The van der Waals surface area contributed by atoms with Crippen molar-refractivity contribution in [1.29, 1.82) is 0 Å². The van der Waals surface area contributed by atoms with Gasteiger partial charge in [-0.1, -0.05) is 24.3 Å². The molecule has 6 rings (SSSR count). The second-order valence-corrected chi connectivity index (χ2v) is 9.53. The number of nitrogens with two attached hydrogens (primary N) is 1. The summed E-state index contributed by atoms with van der Waals surface area (Å²) >= 11 is 0. The van der Waals surface area contributed by atoms with Gasteiger partial charge in [-0.2, -0.15) is 0 Å². The van der Waals surface area contributed by atoms with E-state index in [2.05, 4.69) is 68.6 Å². The molecule has 1 saturated heterocycles. The lowest BCUT2D eigenvalue weighted by Crippen LogP contribution is -2.13. The van der Waals surface area contributed by atoms with Gasteiger partial charge in [-0.25, -0.2) is 9.67 Å². The van der Waals surface area contributed by atoms with Gasteiger partial charge in [0.05, 0.1) is 5.69 Å². The average molecular weight is 441 g/mol. The molecule has 33 heavy (non-hydrogen) atoms. The van der Waals surface area contributed by atoms with Gasteiger partial charge >= 0.3 is 0 Å². The first-order valence-corrected chi connectivity index (χ1v) is 11.7. The average Bonchev–Trinajstić information content (AvgIpc) is 3.57. The molecule has 2 aromatic heterocycles. The fourth-order valence-corrected chi connectivity index (χ4v) is 5.73. The smallest absolute Gasteiger partial charge is 0.288 e. The summed E-state index contributed by atoms with van der Waals surface area (Å²) < 4.78 is 3.92. The lowest BCUT2D eigenvalue weighted by molar-refractivity contribution is 0.0990. The quantitative estimate of drug-likeness (QED) is 0.498. The number of fused-ring (bicyclic) bond motifs is 2. The molecule has 0 bridgehead atoms. The highest BCUT2D eigenvalue weighted by Crippen LogP contribution is 2.43. The third-order valence-corrected chi connectivity index (χ3v) is 7.45. The molecule has 0 radical (unpaired) electrons. The van der Waals surface area contributed by atoms with E-state index >= 15 is 0 Å². The van der Waals surface area contributed by atoms with Crippen molar-refractivity contribution in [3.8, 4) is 5.69 Å². The van der Waals surface area contributed by atoms with Crippen molar-refractivity contribution in [3.63, 3.8) is 0 Å². The molecule has 7 nitrogen and oxygen atoms in total. The Kier molecular flexibility index (Phi) is 4.80. The fraction of sp³-hybridized carbons (Fsp3) is 0.346. The van der Waals surface area contributed by atoms with Gasteiger partial charge in [0.25, 0.3) is 5.91 Å². The number of aryl methyl sites for hydroxylation is 1. The van der Waals surface area contributed by atoms with Crippen LogP contribution in [0.5, 0.6) is 0 Å². The number of rotatable bonds is 5. The number of nitrogens with one attached hydrogen (secondary N) is 1. The summed E-state index contributed by atoms with van der Waals surface area (Å²) in [6.07, 6.45) is 4.78. The zero-order valence-electron chi connectivity index (χ0n) is 18.7. The van der Waals surface area contributed by atoms with E-state index in [0.717, 1.165) is 40.9 Å². The fourth-order valence-electron chi connectivity index (χ4n) is 5.73. The first-order chi connectivity index (χ1) is 16.0. The highest BCUT2D eigenvalue weighted by Gasteiger charge is 2.37. The van der Waals surface area contributed by atoms with Crippen LogP contribution < -0.4 is 11.1 Å². The van der Waals surface area contributed by atoms with Crippen molar-refractivity contribution in [2.75, 3.05) is 13.1 Å². The molecule has 2 fully saturated rings. The number of hydrogen-bond donors (Lipinski definition) is 2. The molecule has 1 aliphatic carbocycles. The number of nitrogens with zero attached hydrogens (tertiary/aromatic N) is 4. The van der Waals surface area contributed by atoms with E-state index in [0.29, 0.717) is 5.82 Å². The van der Waals surface area contributed by atoms with Crippen molar-refractivity contribution in [2.45, 2.75) is 32.2 Å². The number of aromatic nitrogens is 4. The van der Waals surface area contributed by atoms with Crippen molar-refractivity contribution in [2.24, 2.45) is 17.6 Å². The predicted molar refractivity (Wildman–Crippen MR) is 127 cm³/mol. The standard InChI is InChI=1S/C26H28N6O/c1-16-29-26(25(27)33)30-32(16)23-6-7-24-19(12-23)8-9-31(24)15-17-2-4-18(5-3-17)20-10-21-13-28-14-22(21)11-20/h2-9,12,20-22,28H,10-11,13-15H2,1H3,(H2,27,33)/t20-,21-,22+. The maximum atomic E-state index is 11.4. The Labute approximate surface area is 192 Å². The second-order valence-electron chi connectivity index (χ2n) is 9.53. The van der Waals surface area contributed by atoms with Gasteiger partial charge in [-0.3, -0.25) is 4.79 Å². The topological polar surface area (TPSA) is 90.8 Å². The lowest BCUT2D eigenvalue weighted by Gasteiger charge is -2.13. The molecule has 168 valence electrons. The summed E-state index contributed by atoms with van der Waals surface area (Å²) in [6, 6.07) is 17.5. The molecule has 2 aliphatic rings. The van der Waals surface area contributed by atoms with Crippen molar-refractivity contribution < 1.29 is 4.79 Å². The van der Waals surface area contributed by atoms with Crippen LogP contribution in [0.4, 0.5) is 0 Å². The SMILES string of the molecule is Cc1nc(C(N)=O)nn1-c1ccc2c(ccn2Cc2ccc([C@H]3C[C@H]4CNC[C@H]4C3)cc2)c1. The summed E-state index contributed by atoms with van der Waals surface area (Å²) in [6.45, 7) is 5.04. The molecule has 2 aromatic carbocycles. The number of amides is 1. The Balaban J connectivity index is 1.20. The van der Waals surface area contributed by atoms with Crippen LogP contribution in [0, 0.1) is 18.8 Å². The largest absolute Gasteiger partial charge is 0.363 e. The van der Waals surface area contributed by atoms with Crippen molar-refractivity contribution >= 4 is 16.8 Å². The summed E-state index contributed by atoms with van der Waals surface area (Å²) in [4.78, 5) is 15.6. The normalized spacial score (nSPS) is 22.2. The lowest BCUT2D eigenvalue weighted by atomic mass is 9.95. The number of hydrogen-bond acceptors (Lipinski definition) is 4. The van der Waals surface area contributed by atoms with E-state index in [1.165, 1.54) is 37.1 Å². The van der Waals surface area contributed by atoms with Gasteiger partial charge in [0, 0.05) is 23.6 Å². The third-order valence-electron chi connectivity index (χ3n) is 7.45. The Morgan fingerprint density at radius 1 is 1.09 bits per heavy atom. The summed E-state index contributed by atoms with van der Waals surface area (Å²) in [5.74, 6) is 2.50. The van der Waals surface area contributed by atoms with E-state index in [-0.39, 0.29) is 5.82 Å². The summed E-state index contributed by atoms with van der Waals surface area (Å²) in [5, 5.41) is 8.89.